The number of nitrogens with one attached hydrogen (secondary N) is 1. The van der Waals surface area contributed by atoms with E-state index < -0.39 is 0 Å². The van der Waals surface area contributed by atoms with E-state index in [-0.39, 0.29) is 11.9 Å². The summed E-state index contributed by atoms with van der Waals surface area (Å²) in [6.07, 6.45) is 3.69. The lowest BCUT2D eigenvalue weighted by Gasteiger charge is -2.18. The smallest absolute Gasteiger partial charge is 0.129 e. The summed E-state index contributed by atoms with van der Waals surface area (Å²) in [4.78, 5) is 3.92. The monoisotopic (exact) mass is 343 g/mol. The molecule has 3 N–H and O–H groups in total. The van der Waals surface area contributed by atoms with Gasteiger partial charge >= 0.3 is 0 Å². The first-order valence-electron chi connectivity index (χ1n) is 5.61. The Morgan fingerprint density at radius 1 is 1.42 bits per heavy atom. The summed E-state index contributed by atoms with van der Waals surface area (Å²) >= 11 is 9.27. The number of nitrogens with zero attached hydrogens (tertiary/aromatic N) is 1. The standard InChI is InChI=1S/C13H12BrClFN3/c14-9-1-2-10(12(16)6-9)13(19-17)5-8-3-4-18-7-11(8)15/h1-4,6-7,13,19H,5,17H2. The Morgan fingerprint density at radius 2 is 2.21 bits per heavy atom. The van der Waals surface area contributed by atoms with E-state index in [1.165, 1.54) is 6.07 Å². The number of aromatic nitrogens is 1. The van der Waals surface area contributed by atoms with E-state index in [1.54, 1.807) is 30.6 Å². The van der Waals surface area contributed by atoms with Gasteiger partial charge in [-0.1, -0.05) is 33.6 Å². The van der Waals surface area contributed by atoms with Gasteiger partial charge in [0.25, 0.3) is 0 Å². The normalized spacial score (nSPS) is 12.4. The second-order valence-electron chi connectivity index (χ2n) is 4.06. The number of hydrogen-bond donors (Lipinski definition) is 2. The molecule has 1 aromatic heterocycles. The van der Waals surface area contributed by atoms with Crippen molar-refractivity contribution in [1.29, 1.82) is 0 Å². The molecule has 100 valence electrons. The van der Waals surface area contributed by atoms with Crippen molar-refractivity contribution < 1.29 is 4.39 Å². The van der Waals surface area contributed by atoms with Gasteiger partial charge in [-0.25, -0.2) is 4.39 Å². The van der Waals surface area contributed by atoms with Crippen LogP contribution in [0, 0.1) is 5.82 Å². The highest BCUT2D eigenvalue weighted by molar-refractivity contribution is 9.10. The molecule has 1 heterocycles. The molecule has 1 aromatic carbocycles. The highest BCUT2D eigenvalue weighted by Gasteiger charge is 2.16. The zero-order chi connectivity index (χ0) is 13.8. The number of halogens is 3. The lowest BCUT2D eigenvalue weighted by Crippen LogP contribution is -2.30. The van der Waals surface area contributed by atoms with Crippen LogP contribution in [0.5, 0.6) is 0 Å². The summed E-state index contributed by atoms with van der Waals surface area (Å²) in [6.45, 7) is 0. The molecular weight excluding hydrogens is 333 g/mol. The molecule has 0 amide bonds. The van der Waals surface area contributed by atoms with Crippen LogP contribution in [-0.2, 0) is 6.42 Å². The van der Waals surface area contributed by atoms with Gasteiger partial charge in [-0.15, -0.1) is 0 Å². The molecule has 0 aliphatic rings. The molecule has 3 nitrogen and oxygen atoms in total. The molecule has 19 heavy (non-hydrogen) atoms. The summed E-state index contributed by atoms with van der Waals surface area (Å²) in [5, 5.41) is 0.542. The Hall–Kier alpha value is -1.01. The average molecular weight is 345 g/mol. The van der Waals surface area contributed by atoms with E-state index >= 15 is 0 Å². The van der Waals surface area contributed by atoms with Crippen molar-refractivity contribution in [3.63, 3.8) is 0 Å². The number of hydrogen-bond acceptors (Lipinski definition) is 3. The summed E-state index contributed by atoms with van der Waals surface area (Å²) in [5.41, 5.74) is 3.98. The fraction of sp³-hybridized carbons (Fsp3) is 0.154. The molecule has 0 aliphatic heterocycles. The van der Waals surface area contributed by atoms with Crippen LogP contribution in [0.4, 0.5) is 4.39 Å². The van der Waals surface area contributed by atoms with Crippen LogP contribution in [0.2, 0.25) is 5.02 Å². The van der Waals surface area contributed by atoms with E-state index in [9.17, 15) is 4.39 Å². The first-order valence-corrected chi connectivity index (χ1v) is 6.78. The number of nitrogens with two attached hydrogens (primary N) is 1. The van der Waals surface area contributed by atoms with Crippen molar-refractivity contribution in [2.45, 2.75) is 12.5 Å². The highest BCUT2D eigenvalue weighted by Crippen LogP contribution is 2.25. The van der Waals surface area contributed by atoms with Crippen LogP contribution in [0.15, 0.2) is 41.1 Å². The minimum absolute atomic E-state index is 0.317. The lowest BCUT2D eigenvalue weighted by atomic mass is 9.99. The average Bonchev–Trinajstić information content (AvgIpc) is 2.39. The molecular formula is C13H12BrClFN3. The maximum absolute atomic E-state index is 13.9. The Bertz CT molecular complexity index is 580. The second kappa shape index (κ2) is 6.43. The third-order valence-corrected chi connectivity index (χ3v) is 3.65. The van der Waals surface area contributed by atoms with Crippen molar-refractivity contribution in [3.05, 3.63) is 63.1 Å². The SMILES string of the molecule is NNC(Cc1ccncc1Cl)c1ccc(Br)cc1F. The van der Waals surface area contributed by atoms with Gasteiger partial charge in [-0.2, -0.15) is 0 Å². The summed E-state index contributed by atoms with van der Waals surface area (Å²) < 4.78 is 14.6. The third-order valence-electron chi connectivity index (χ3n) is 2.82. The van der Waals surface area contributed by atoms with Gasteiger partial charge in [0.05, 0.1) is 11.1 Å². The highest BCUT2D eigenvalue weighted by atomic mass is 79.9. The van der Waals surface area contributed by atoms with E-state index in [0.717, 1.165) is 5.56 Å². The zero-order valence-electron chi connectivity index (χ0n) is 9.91. The molecule has 0 spiro atoms. The van der Waals surface area contributed by atoms with Crippen LogP contribution in [0.25, 0.3) is 0 Å². The van der Waals surface area contributed by atoms with Crippen LogP contribution in [0.3, 0.4) is 0 Å². The first kappa shape index (κ1) is 14.4. The van der Waals surface area contributed by atoms with Crippen molar-refractivity contribution in [2.75, 3.05) is 0 Å². The largest absolute Gasteiger partial charge is 0.271 e. The van der Waals surface area contributed by atoms with Crippen molar-refractivity contribution in [2.24, 2.45) is 5.84 Å². The topological polar surface area (TPSA) is 50.9 Å². The minimum Gasteiger partial charge on any atom is -0.271 e. The molecule has 6 heteroatoms. The van der Waals surface area contributed by atoms with Gasteiger partial charge in [0.2, 0.25) is 0 Å². The Labute approximate surface area is 124 Å². The minimum atomic E-state index is -0.354. The molecule has 0 saturated carbocycles. The van der Waals surface area contributed by atoms with Gasteiger partial charge in [0.1, 0.15) is 5.82 Å². The molecule has 0 radical (unpaired) electrons. The van der Waals surface area contributed by atoms with Gasteiger partial charge in [0, 0.05) is 22.4 Å². The van der Waals surface area contributed by atoms with Gasteiger partial charge in [-0.3, -0.25) is 16.3 Å². The number of pyridine rings is 1. The molecule has 0 fully saturated rings. The van der Waals surface area contributed by atoms with Crippen molar-refractivity contribution in [3.8, 4) is 0 Å². The van der Waals surface area contributed by atoms with E-state index in [4.69, 9.17) is 17.4 Å². The fourth-order valence-electron chi connectivity index (χ4n) is 1.83. The van der Waals surface area contributed by atoms with Gasteiger partial charge in [0.15, 0.2) is 0 Å². The molecule has 2 rings (SSSR count). The van der Waals surface area contributed by atoms with Crippen LogP contribution < -0.4 is 11.3 Å². The zero-order valence-corrected chi connectivity index (χ0v) is 12.2. The fourth-order valence-corrected chi connectivity index (χ4v) is 2.36. The van der Waals surface area contributed by atoms with Gasteiger partial charge in [-0.05, 0) is 30.2 Å². The third kappa shape index (κ3) is 3.51. The molecule has 0 aliphatic carbocycles. The first-order chi connectivity index (χ1) is 9.11. The lowest BCUT2D eigenvalue weighted by molar-refractivity contribution is 0.510. The molecule has 0 saturated heterocycles. The van der Waals surface area contributed by atoms with Crippen LogP contribution in [-0.4, -0.2) is 4.98 Å². The number of rotatable bonds is 4. The Balaban J connectivity index is 2.28. The Kier molecular flexibility index (Phi) is 4.87. The van der Waals surface area contributed by atoms with Crippen molar-refractivity contribution >= 4 is 27.5 Å². The number of benzene rings is 1. The Morgan fingerprint density at radius 3 is 2.84 bits per heavy atom. The van der Waals surface area contributed by atoms with E-state index in [2.05, 4.69) is 26.3 Å². The van der Waals surface area contributed by atoms with E-state index in [1.807, 2.05) is 0 Å². The predicted molar refractivity (Wildman–Crippen MR) is 77.1 cm³/mol. The second-order valence-corrected chi connectivity index (χ2v) is 5.38. The van der Waals surface area contributed by atoms with Crippen LogP contribution in [0.1, 0.15) is 17.2 Å². The molecule has 1 unspecified atom stereocenters. The van der Waals surface area contributed by atoms with E-state index in [0.29, 0.717) is 21.5 Å². The van der Waals surface area contributed by atoms with Crippen LogP contribution >= 0.6 is 27.5 Å². The molecule has 2 aromatic rings. The number of hydrazine groups is 1. The molecule has 1 atom stereocenters. The maximum atomic E-state index is 13.9. The van der Waals surface area contributed by atoms with Gasteiger partial charge < -0.3 is 0 Å². The maximum Gasteiger partial charge on any atom is 0.129 e. The predicted octanol–water partition coefficient (Wildman–Crippen LogP) is 3.38. The quantitative estimate of drug-likeness (QED) is 0.660. The molecule has 0 bridgehead atoms. The summed E-state index contributed by atoms with van der Waals surface area (Å²) in [5.74, 6) is 5.21. The summed E-state index contributed by atoms with van der Waals surface area (Å²) in [7, 11) is 0. The van der Waals surface area contributed by atoms with Crippen molar-refractivity contribution in [1.82, 2.24) is 10.4 Å². The summed E-state index contributed by atoms with van der Waals surface area (Å²) in [6, 6.07) is 6.32.